The lowest BCUT2D eigenvalue weighted by atomic mass is 10.1. The van der Waals surface area contributed by atoms with Crippen molar-refractivity contribution in [2.45, 2.75) is 25.7 Å². The Morgan fingerprint density at radius 2 is 2.16 bits per heavy atom. The van der Waals surface area contributed by atoms with Crippen molar-refractivity contribution >= 4 is 11.7 Å². The van der Waals surface area contributed by atoms with Gasteiger partial charge in [-0.25, -0.2) is 4.39 Å². The largest absolute Gasteiger partial charge is 0.496 e. The summed E-state index contributed by atoms with van der Waals surface area (Å²) >= 11 is 0. The number of hydrogen-bond acceptors (Lipinski definition) is 4. The lowest BCUT2D eigenvalue weighted by Gasteiger charge is -2.13. The molecule has 7 heteroatoms. The van der Waals surface area contributed by atoms with E-state index in [0.29, 0.717) is 29.2 Å². The van der Waals surface area contributed by atoms with Crippen LogP contribution in [0.4, 0.5) is 10.2 Å². The molecular weight excluding hydrogens is 323 g/mol. The minimum Gasteiger partial charge on any atom is -0.496 e. The van der Waals surface area contributed by atoms with Gasteiger partial charge in [0.1, 0.15) is 17.4 Å². The van der Waals surface area contributed by atoms with Gasteiger partial charge in [-0.3, -0.25) is 9.89 Å². The smallest absolute Gasteiger partial charge is 0.225 e. The highest BCUT2D eigenvalue weighted by Crippen LogP contribution is 2.30. The van der Waals surface area contributed by atoms with Gasteiger partial charge in [-0.2, -0.15) is 5.10 Å². The Balaban J connectivity index is 1.56. The van der Waals surface area contributed by atoms with Crippen molar-refractivity contribution in [3.8, 4) is 17.0 Å². The Labute approximate surface area is 146 Å². The van der Waals surface area contributed by atoms with Crippen LogP contribution in [-0.2, 0) is 4.79 Å². The van der Waals surface area contributed by atoms with E-state index in [1.165, 1.54) is 32.1 Å². The van der Waals surface area contributed by atoms with Gasteiger partial charge in [0.05, 0.1) is 12.8 Å². The fourth-order valence-corrected chi connectivity index (χ4v) is 3.09. The Hall–Kier alpha value is -2.41. The van der Waals surface area contributed by atoms with E-state index < -0.39 is 0 Å². The Bertz CT molecular complexity index is 726. The zero-order valence-corrected chi connectivity index (χ0v) is 14.3. The van der Waals surface area contributed by atoms with E-state index in [-0.39, 0.29) is 11.7 Å². The summed E-state index contributed by atoms with van der Waals surface area (Å²) < 4.78 is 18.7. The summed E-state index contributed by atoms with van der Waals surface area (Å²) in [5.74, 6) is 0.593. The standard InChI is InChI=1S/C18H23FN4O2/c1-25-16-7-6-13(19)11-14(16)15-12-17(22-21-15)20-18(24)5-4-10-23-8-2-3-9-23/h6-7,11-12H,2-5,8-10H2,1H3,(H2,20,21,22,24). The van der Waals surface area contributed by atoms with Crippen molar-refractivity contribution in [3.05, 3.63) is 30.1 Å². The van der Waals surface area contributed by atoms with Crippen LogP contribution in [0, 0.1) is 5.82 Å². The summed E-state index contributed by atoms with van der Waals surface area (Å²) in [6.45, 7) is 3.24. The van der Waals surface area contributed by atoms with Gasteiger partial charge < -0.3 is 15.0 Å². The average molecular weight is 346 g/mol. The molecule has 2 heterocycles. The third-order valence-electron chi connectivity index (χ3n) is 4.37. The number of ether oxygens (including phenoxy) is 1. The van der Waals surface area contributed by atoms with Crippen LogP contribution in [0.15, 0.2) is 24.3 Å². The molecule has 25 heavy (non-hydrogen) atoms. The van der Waals surface area contributed by atoms with Crippen molar-refractivity contribution in [3.63, 3.8) is 0 Å². The number of benzene rings is 1. The topological polar surface area (TPSA) is 70.2 Å². The first-order chi connectivity index (χ1) is 12.2. The molecule has 0 aliphatic carbocycles. The summed E-state index contributed by atoms with van der Waals surface area (Å²) in [7, 11) is 1.52. The molecule has 3 rings (SSSR count). The number of rotatable bonds is 7. The molecule has 1 aromatic heterocycles. The quantitative estimate of drug-likeness (QED) is 0.808. The van der Waals surface area contributed by atoms with Crippen molar-refractivity contribution < 1.29 is 13.9 Å². The minimum atomic E-state index is -0.369. The van der Waals surface area contributed by atoms with E-state index in [4.69, 9.17) is 4.74 Å². The molecule has 2 N–H and O–H groups in total. The van der Waals surface area contributed by atoms with Crippen LogP contribution in [0.1, 0.15) is 25.7 Å². The highest BCUT2D eigenvalue weighted by atomic mass is 19.1. The number of aromatic amines is 1. The molecule has 1 aliphatic rings. The summed E-state index contributed by atoms with van der Waals surface area (Å²) in [5.41, 5.74) is 1.05. The molecule has 0 atom stereocenters. The first kappa shape index (κ1) is 17.4. The molecule has 134 valence electrons. The predicted molar refractivity (Wildman–Crippen MR) is 94.1 cm³/mol. The minimum absolute atomic E-state index is 0.0550. The maximum Gasteiger partial charge on any atom is 0.225 e. The lowest BCUT2D eigenvalue weighted by Crippen LogP contribution is -2.22. The molecule has 1 saturated heterocycles. The van der Waals surface area contributed by atoms with E-state index in [9.17, 15) is 9.18 Å². The monoisotopic (exact) mass is 346 g/mol. The normalized spacial score (nSPS) is 14.6. The molecule has 0 unspecified atom stereocenters. The first-order valence-electron chi connectivity index (χ1n) is 8.57. The second kappa shape index (κ2) is 8.11. The van der Waals surface area contributed by atoms with Crippen LogP contribution in [0.5, 0.6) is 5.75 Å². The van der Waals surface area contributed by atoms with E-state index in [1.807, 2.05) is 0 Å². The zero-order chi connectivity index (χ0) is 17.6. The number of H-pyrrole nitrogens is 1. The number of amides is 1. The Kier molecular flexibility index (Phi) is 5.65. The van der Waals surface area contributed by atoms with Crippen LogP contribution in [0.3, 0.4) is 0 Å². The molecule has 2 aromatic rings. The van der Waals surface area contributed by atoms with Crippen LogP contribution in [0.25, 0.3) is 11.3 Å². The molecule has 0 spiro atoms. The predicted octanol–water partition coefficient (Wildman–Crippen LogP) is 3.04. The number of nitrogens with zero attached hydrogens (tertiary/aromatic N) is 2. The fraction of sp³-hybridized carbons (Fsp3) is 0.444. The lowest BCUT2D eigenvalue weighted by molar-refractivity contribution is -0.116. The Morgan fingerprint density at radius 1 is 1.36 bits per heavy atom. The fourth-order valence-electron chi connectivity index (χ4n) is 3.09. The van der Waals surface area contributed by atoms with Gasteiger partial charge in [0.15, 0.2) is 0 Å². The number of likely N-dealkylation sites (tertiary alicyclic amines) is 1. The van der Waals surface area contributed by atoms with E-state index in [0.717, 1.165) is 26.1 Å². The van der Waals surface area contributed by atoms with E-state index in [2.05, 4.69) is 20.4 Å². The summed E-state index contributed by atoms with van der Waals surface area (Å²) in [6.07, 6.45) is 3.82. The number of nitrogens with one attached hydrogen (secondary N) is 2. The second-order valence-corrected chi connectivity index (χ2v) is 6.21. The molecular formula is C18H23FN4O2. The van der Waals surface area contributed by atoms with E-state index in [1.54, 1.807) is 12.1 Å². The van der Waals surface area contributed by atoms with Gasteiger partial charge in [-0.1, -0.05) is 0 Å². The maximum atomic E-state index is 13.5. The number of aromatic nitrogens is 2. The van der Waals surface area contributed by atoms with Gasteiger partial charge in [0.25, 0.3) is 0 Å². The molecule has 1 aliphatic heterocycles. The third-order valence-corrected chi connectivity index (χ3v) is 4.37. The molecule has 6 nitrogen and oxygen atoms in total. The van der Waals surface area contributed by atoms with Gasteiger partial charge in [-0.05, 0) is 57.1 Å². The zero-order valence-electron chi connectivity index (χ0n) is 14.3. The SMILES string of the molecule is COc1ccc(F)cc1-c1cc(NC(=O)CCCN2CCCC2)[nH]n1. The molecule has 0 saturated carbocycles. The van der Waals surface area contributed by atoms with Gasteiger partial charge in [0.2, 0.25) is 5.91 Å². The number of halogens is 1. The number of carbonyl (C=O) groups is 1. The van der Waals surface area contributed by atoms with Crippen molar-refractivity contribution in [2.24, 2.45) is 0 Å². The maximum absolute atomic E-state index is 13.5. The molecule has 0 bridgehead atoms. The van der Waals surface area contributed by atoms with Gasteiger partial charge in [-0.15, -0.1) is 0 Å². The molecule has 1 fully saturated rings. The summed E-state index contributed by atoms with van der Waals surface area (Å²) in [6, 6.07) is 5.92. The Morgan fingerprint density at radius 3 is 2.92 bits per heavy atom. The summed E-state index contributed by atoms with van der Waals surface area (Å²) in [4.78, 5) is 14.4. The molecule has 0 radical (unpaired) electrons. The molecule has 1 amide bonds. The highest BCUT2D eigenvalue weighted by Gasteiger charge is 2.14. The van der Waals surface area contributed by atoms with Crippen LogP contribution >= 0.6 is 0 Å². The van der Waals surface area contributed by atoms with Gasteiger partial charge >= 0.3 is 0 Å². The number of hydrogen-bond donors (Lipinski definition) is 2. The van der Waals surface area contributed by atoms with E-state index >= 15 is 0 Å². The average Bonchev–Trinajstić information content (AvgIpc) is 3.27. The van der Waals surface area contributed by atoms with Crippen molar-refractivity contribution in [2.75, 3.05) is 32.1 Å². The van der Waals surface area contributed by atoms with Crippen LogP contribution < -0.4 is 10.1 Å². The summed E-state index contributed by atoms with van der Waals surface area (Å²) in [5, 5.41) is 9.70. The van der Waals surface area contributed by atoms with Crippen molar-refractivity contribution in [1.29, 1.82) is 0 Å². The van der Waals surface area contributed by atoms with Gasteiger partial charge in [0, 0.05) is 18.1 Å². The number of anilines is 1. The van der Waals surface area contributed by atoms with Crippen LogP contribution in [-0.4, -0.2) is 47.7 Å². The third kappa shape index (κ3) is 4.57. The molecule has 1 aromatic carbocycles. The first-order valence-corrected chi connectivity index (χ1v) is 8.57. The highest BCUT2D eigenvalue weighted by molar-refractivity contribution is 5.90. The number of methoxy groups -OCH3 is 1. The van der Waals surface area contributed by atoms with Crippen LogP contribution in [0.2, 0.25) is 0 Å². The van der Waals surface area contributed by atoms with Crippen molar-refractivity contribution in [1.82, 2.24) is 15.1 Å². The second-order valence-electron chi connectivity index (χ2n) is 6.21. The number of carbonyl (C=O) groups excluding carboxylic acids is 1.